The van der Waals surface area contributed by atoms with Crippen molar-refractivity contribution in [3.8, 4) is 0 Å². The molecule has 2 fully saturated rings. The molecular weight excluding hydrogens is 312 g/mol. The minimum Gasteiger partial charge on any atom is -0.335 e. The Balaban J connectivity index is 1.59. The standard InChI is InChI=1S/C21H24N2O2/c1-21(11-12-21)18-8-5-13-23(18)20(25)17-9-10-19(24)22(15-17)14-16-6-3-2-4-7-16/h2-4,6-7,9-10,15,18H,5,8,11-14H2,1H3. The van der Waals surface area contributed by atoms with Gasteiger partial charge in [-0.25, -0.2) is 0 Å². The van der Waals surface area contributed by atoms with Crippen LogP contribution in [0.25, 0.3) is 0 Å². The molecule has 4 heteroatoms. The Morgan fingerprint density at radius 2 is 1.92 bits per heavy atom. The Kier molecular flexibility index (Phi) is 3.98. The molecule has 2 aliphatic rings. The zero-order valence-electron chi connectivity index (χ0n) is 14.6. The summed E-state index contributed by atoms with van der Waals surface area (Å²) in [6, 6.07) is 13.4. The number of hydrogen-bond acceptors (Lipinski definition) is 2. The highest BCUT2D eigenvalue weighted by atomic mass is 16.2. The summed E-state index contributed by atoms with van der Waals surface area (Å²) in [5.74, 6) is 0.0671. The molecule has 1 amide bonds. The Labute approximate surface area is 148 Å². The van der Waals surface area contributed by atoms with Crippen molar-refractivity contribution in [2.45, 2.75) is 45.2 Å². The van der Waals surface area contributed by atoms with E-state index in [1.807, 2.05) is 35.2 Å². The summed E-state index contributed by atoms with van der Waals surface area (Å²) in [6.07, 6.45) is 6.34. The van der Waals surface area contributed by atoms with Crippen LogP contribution in [0.4, 0.5) is 0 Å². The average molecular weight is 336 g/mol. The molecule has 0 radical (unpaired) electrons. The number of amides is 1. The van der Waals surface area contributed by atoms with Gasteiger partial charge in [0.05, 0.1) is 12.1 Å². The van der Waals surface area contributed by atoms with Crippen molar-refractivity contribution in [1.82, 2.24) is 9.47 Å². The maximum absolute atomic E-state index is 13.1. The van der Waals surface area contributed by atoms with Crippen LogP contribution in [0.15, 0.2) is 53.5 Å². The first-order valence-corrected chi connectivity index (χ1v) is 9.12. The van der Waals surface area contributed by atoms with Crippen LogP contribution in [0.2, 0.25) is 0 Å². The number of pyridine rings is 1. The van der Waals surface area contributed by atoms with Crippen LogP contribution >= 0.6 is 0 Å². The minimum atomic E-state index is -0.0764. The second-order valence-electron chi connectivity index (χ2n) is 7.68. The van der Waals surface area contributed by atoms with E-state index >= 15 is 0 Å². The molecule has 2 aromatic rings. The first-order chi connectivity index (χ1) is 12.1. The van der Waals surface area contributed by atoms with Gasteiger partial charge in [-0.05, 0) is 42.7 Å². The van der Waals surface area contributed by atoms with E-state index in [2.05, 4.69) is 6.92 Å². The normalized spacial score (nSPS) is 21.3. The lowest BCUT2D eigenvalue weighted by Gasteiger charge is -2.30. The number of carbonyl (C=O) groups excluding carboxylic acids is 1. The predicted molar refractivity (Wildman–Crippen MR) is 97.6 cm³/mol. The number of aromatic nitrogens is 1. The Bertz CT molecular complexity index is 836. The summed E-state index contributed by atoms with van der Waals surface area (Å²) >= 11 is 0. The molecule has 1 aliphatic carbocycles. The number of benzene rings is 1. The molecule has 2 heterocycles. The van der Waals surface area contributed by atoms with Crippen molar-refractivity contribution in [3.05, 3.63) is 70.1 Å². The molecule has 130 valence electrons. The van der Waals surface area contributed by atoms with Crippen LogP contribution in [-0.4, -0.2) is 28.0 Å². The van der Waals surface area contributed by atoms with Crippen LogP contribution in [0.5, 0.6) is 0 Å². The molecule has 25 heavy (non-hydrogen) atoms. The highest BCUT2D eigenvalue weighted by Crippen LogP contribution is 2.52. The van der Waals surface area contributed by atoms with Gasteiger partial charge in [-0.2, -0.15) is 0 Å². The van der Waals surface area contributed by atoms with E-state index in [-0.39, 0.29) is 11.5 Å². The largest absolute Gasteiger partial charge is 0.335 e. The molecule has 4 nitrogen and oxygen atoms in total. The van der Waals surface area contributed by atoms with E-state index < -0.39 is 0 Å². The molecule has 1 aromatic carbocycles. The fourth-order valence-electron chi connectivity index (χ4n) is 3.99. The first kappa shape index (κ1) is 16.1. The van der Waals surface area contributed by atoms with Crippen LogP contribution < -0.4 is 5.56 Å². The maximum atomic E-state index is 13.1. The van der Waals surface area contributed by atoms with Gasteiger partial charge in [-0.1, -0.05) is 37.3 Å². The highest BCUT2D eigenvalue weighted by molar-refractivity contribution is 5.94. The number of hydrogen-bond donors (Lipinski definition) is 0. The smallest absolute Gasteiger partial charge is 0.255 e. The lowest BCUT2D eigenvalue weighted by molar-refractivity contribution is 0.0679. The van der Waals surface area contributed by atoms with E-state index in [1.54, 1.807) is 16.8 Å². The second-order valence-corrected chi connectivity index (χ2v) is 7.68. The summed E-state index contributed by atoms with van der Waals surface area (Å²) in [4.78, 5) is 27.3. The molecule has 0 N–H and O–H groups in total. The maximum Gasteiger partial charge on any atom is 0.255 e. The van der Waals surface area contributed by atoms with Crippen molar-refractivity contribution >= 4 is 5.91 Å². The van der Waals surface area contributed by atoms with Gasteiger partial charge < -0.3 is 9.47 Å². The molecular formula is C21H24N2O2. The minimum absolute atomic E-state index is 0.0671. The zero-order chi connectivity index (χ0) is 17.4. The third kappa shape index (κ3) is 3.13. The van der Waals surface area contributed by atoms with Crippen LogP contribution in [0, 0.1) is 5.41 Å². The van der Waals surface area contributed by atoms with E-state index in [9.17, 15) is 9.59 Å². The van der Waals surface area contributed by atoms with E-state index in [0.29, 0.717) is 23.6 Å². The molecule has 1 aromatic heterocycles. The lowest BCUT2D eigenvalue weighted by Crippen LogP contribution is -2.40. The Morgan fingerprint density at radius 1 is 1.16 bits per heavy atom. The Hall–Kier alpha value is -2.36. The highest BCUT2D eigenvalue weighted by Gasteiger charge is 2.50. The third-order valence-electron chi connectivity index (χ3n) is 5.78. The van der Waals surface area contributed by atoms with Crippen molar-refractivity contribution < 1.29 is 4.79 Å². The topological polar surface area (TPSA) is 42.3 Å². The molecule has 1 atom stereocenters. The van der Waals surface area contributed by atoms with Gasteiger partial charge in [0.2, 0.25) is 0 Å². The molecule has 4 rings (SSSR count). The van der Waals surface area contributed by atoms with Gasteiger partial charge in [-0.3, -0.25) is 9.59 Å². The molecule has 1 unspecified atom stereocenters. The second kappa shape index (κ2) is 6.17. The summed E-state index contributed by atoms with van der Waals surface area (Å²) in [7, 11) is 0. The van der Waals surface area contributed by atoms with Gasteiger partial charge >= 0.3 is 0 Å². The van der Waals surface area contributed by atoms with Gasteiger partial charge in [0.1, 0.15) is 0 Å². The number of rotatable bonds is 4. The van der Waals surface area contributed by atoms with Crippen LogP contribution in [-0.2, 0) is 6.54 Å². The van der Waals surface area contributed by atoms with Gasteiger partial charge in [-0.15, -0.1) is 0 Å². The van der Waals surface area contributed by atoms with E-state index in [1.165, 1.54) is 18.9 Å². The average Bonchev–Trinajstić information content (AvgIpc) is 3.18. The first-order valence-electron chi connectivity index (χ1n) is 9.12. The monoisotopic (exact) mass is 336 g/mol. The number of likely N-dealkylation sites (tertiary alicyclic amines) is 1. The molecule has 1 saturated carbocycles. The third-order valence-corrected chi connectivity index (χ3v) is 5.78. The summed E-state index contributed by atoms with van der Waals surface area (Å²) < 4.78 is 1.63. The van der Waals surface area contributed by atoms with Crippen LogP contribution in [0.1, 0.15) is 48.5 Å². The van der Waals surface area contributed by atoms with Gasteiger partial charge in [0.15, 0.2) is 0 Å². The van der Waals surface area contributed by atoms with E-state index in [0.717, 1.165) is 24.9 Å². The molecule has 1 aliphatic heterocycles. The molecule has 0 spiro atoms. The van der Waals surface area contributed by atoms with Crippen molar-refractivity contribution in [2.24, 2.45) is 5.41 Å². The van der Waals surface area contributed by atoms with Crippen LogP contribution in [0.3, 0.4) is 0 Å². The SMILES string of the molecule is CC1(C2CCCN2C(=O)c2ccc(=O)n(Cc3ccccc3)c2)CC1. The number of carbonyl (C=O) groups is 1. The fraction of sp³-hybridized carbons (Fsp3) is 0.429. The van der Waals surface area contributed by atoms with Gasteiger partial charge in [0, 0.05) is 24.8 Å². The molecule has 1 saturated heterocycles. The summed E-state index contributed by atoms with van der Waals surface area (Å²) in [6.45, 7) is 3.61. The zero-order valence-corrected chi connectivity index (χ0v) is 14.6. The quantitative estimate of drug-likeness (QED) is 0.860. The lowest BCUT2D eigenvalue weighted by atomic mass is 9.96. The number of nitrogens with zero attached hydrogens (tertiary/aromatic N) is 2. The summed E-state index contributed by atoms with van der Waals surface area (Å²) in [5.41, 5.74) is 1.91. The van der Waals surface area contributed by atoms with Crippen molar-refractivity contribution in [1.29, 1.82) is 0 Å². The van der Waals surface area contributed by atoms with E-state index in [4.69, 9.17) is 0 Å². The predicted octanol–water partition coefficient (Wildman–Crippen LogP) is 3.30. The van der Waals surface area contributed by atoms with Crippen molar-refractivity contribution in [3.63, 3.8) is 0 Å². The van der Waals surface area contributed by atoms with Crippen molar-refractivity contribution in [2.75, 3.05) is 6.54 Å². The Morgan fingerprint density at radius 3 is 2.64 bits per heavy atom. The molecule has 0 bridgehead atoms. The summed E-state index contributed by atoms with van der Waals surface area (Å²) in [5, 5.41) is 0. The van der Waals surface area contributed by atoms with Gasteiger partial charge in [0.25, 0.3) is 11.5 Å². The fourth-order valence-corrected chi connectivity index (χ4v) is 3.99.